The molecular formula is C38H44O17. The first-order valence-corrected chi connectivity index (χ1v) is 18.2. The number of furan rings is 1. The van der Waals surface area contributed by atoms with Crippen molar-refractivity contribution in [3.63, 3.8) is 0 Å². The molecule has 1 unspecified atom stereocenters. The highest BCUT2D eigenvalue weighted by atomic mass is 16.9. The molecule has 4 bridgehead atoms. The number of esters is 6. The van der Waals surface area contributed by atoms with Crippen molar-refractivity contribution in [2.45, 2.75) is 134 Å². The number of methoxy groups -OCH3 is 1. The fraction of sp³-hybridized carbons (Fsp3) is 0.684. The van der Waals surface area contributed by atoms with Crippen LogP contribution in [0.15, 0.2) is 34.7 Å². The van der Waals surface area contributed by atoms with Crippen LogP contribution in [0, 0.1) is 22.2 Å². The Hall–Kier alpha value is -4.32. The van der Waals surface area contributed by atoms with Crippen molar-refractivity contribution in [2.75, 3.05) is 7.11 Å². The average molecular weight is 773 g/mol. The van der Waals surface area contributed by atoms with Gasteiger partial charge in [0.25, 0.3) is 5.97 Å². The molecule has 2 spiro atoms. The van der Waals surface area contributed by atoms with Gasteiger partial charge in [-0.25, -0.2) is 9.59 Å². The third kappa shape index (κ3) is 4.02. The number of carbonyl (C=O) groups excluding carboxylic acids is 6. The number of fused-ring (bicyclic) bond motifs is 3. The summed E-state index contributed by atoms with van der Waals surface area (Å²) in [6.45, 7) is 11.4. The third-order valence-electron chi connectivity index (χ3n) is 13.9. The molecule has 2 saturated heterocycles. The Bertz CT molecular complexity index is 1960. The lowest BCUT2D eigenvalue weighted by Gasteiger charge is -2.76. The van der Waals surface area contributed by atoms with Gasteiger partial charge in [0, 0.05) is 68.9 Å². The summed E-state index contributed by atoms with van der Waals surface area (Å²) < 4.78 is 62.1. The second-order valence-corrected chi connectivity index (χ2v) is 16.5. The molecule has 3 aliphatic heterocycles. The second kappa shape index (κ2) is 11.2. The van der Waals surface area contributed by atoms with Crippen molar-refractivity contribution in [1.82, 2.24) is 0 Å². The van der Waals surface area contributed by atoms with Gasteiger partial charge < -0.3 is 52.2 Å². The maximum atomic E-state index is 13.9. The Kier molecular flexibility index (Phi) is 7.63. The Labute approximate surface area is 315 Å². The van der Waals surface area contributed by atoms with Gasteiger partial charge in [-0.1, -0.05) is 20.8 Å². The highest BCUT2D eigenvalue weighted by molar-refractivity contribution is 5.86. The predicted molar refractivity (Wildman–Crippen MR) is 176 cm³/mol. The Morgan fingerprint density at radius 2 is 1.60 bits per heavy atom. The molecule has 0 amide bonds. The quantitative estimate of drug-likeness (QED) is 0.296. The summed E-state index contributed by atoms with van der Waals surface area (Å²) in [6, 6.07) is 1.57. The molecule has 1 aromatic rings. The number of aliphatic hydroxyl groups is 1. The van der Waals surface area contributed by atoms with Gasteiger partial charge in [-0.05, 0) is 25.0 Å². The highest BCUT2D eigenvalue weighted by Crippen LogP contribution is 2.89. The standard InChI is InChI=1S/C38H44O17/c1-10-23(42)52-30-37(45)29(50-19(4)41)31(5)16-36(37)33(7,26(31)25(28(44)46-9)49-18(3)40)35-14-22(48-17(2)39)32(6)21(38(30,35)55-34(8,53-35)54-36)13-24(43)51-27(32)20-11-12-47-15-20/h11-13,15,22,25-27,29-30,45H,10,14,16H2,1-9H3/t22-,25+,26-,27-,29-,30+,31+,32-,33-,34?,35-,36+,37-,38+/m0/s1. The van der Waals surface area contributed by atoms with E-state index in [-0.39, 0.29) is 24.8 Å². The van der Waals surface area contributed by atoms with Crippen LogP contribution < -0.4 is 0 Å². The average Bonchev–Trinajstić information content (AvgIpc) is 3.79. The molecule has 1 N–H and O–H groups in total. The molecule has 8 rings (SSSR count). The summed E-state index contributed by atoms with van der Waals surface area (Å²) in [5.74, 6) is -8.41. The lowest BCUT2D eigenvalue weighted by Crippen LogP contribution is -2.94. The van der Waals surface area contributed by atoms with Gasteiger partial charge in [0.05, 0.1) is 25.1 Å². The van der Waals surface area contributed by atoms with Crippen molar-refractivity contribution in [1.29, 1.82) is 0 Å². The highest BCUT2D eigenvalue weighted by Gasteiger charge is 3.05. The molecule has 17 nitrogen and oxygen atoms in total. The van der Waals surface area contributed by atoms with E-state index in [1.165, 1.54) is 26.4 Å². The molecular weight excluding hydrogens is 728 g/mol. The van der Waals surface area contributed by atoms with Crippen LogP contribution in [0.5, 0.6) is 0 Å². The van der Waals surface area contributed by atoms with Crippen LogP contribution in [0.1, 0.15) is 86.3 Å². The van der Waals surface area contributed by atoms with Gasteiger partial charge >= 0.3 is 35.8 Å². The number of hydrogen-bond donors (Lipinski definition) is 1. The maximum Gasteiger partial charge on any atom is 0.347 e. The minimum atomic E-state index is -2.52. The minimum absolute atomic E-state index is 0.0364. The molecule has 0 radical (unpaired) electrons. The molecule has 55 heavy (non-hydrogen) atoms. The van der Waals surface area contributed by atoms with Crippen molar-refractivity contribution < 1.29 is 80.9 Å². The monoisotopic (exact) mass is 772 g/mol. The SMILES string of the molecule is CCC(=O)O[C@@H]1[C@@]2(O)[C@@H](OC(C)=O)[C@]3(C)C[C@]24OC2(C)O[C@@]5(C[C@H](OC(C)=O)[C@]6(C)C(=CC(=O)O[C@H]6c6ccoc6)[C@@]15O2)[C@]4(C)[C@H]3[C@@H](OC(C)=O)C(=O)OC. The Morgan fingerprint density at radius 3 is 2.18 bits per heavy atom. The first-order chi connectivity index (χ1) is 25.6. The van der Waals surface area contributed by atoms with E-state index in [2.05, 4.69) is 0 Å². The fourth-order valence-corrected chi connectivity index (χ4v) is 12.6. The smallest absolute Gasteiger partial charge is 0.347 e. The zero-order chi connectivity index (χ0) is 40.1. The predicted octanol–water partition coefficient (Wildman–Crippen LogP) is 2.26. The lowest BCUT2D eigenvalue weighted by molar-refractivity contribution is -0.478. The van der Waals surface area contributed by atoms with Crippen molar-refractivity contribution in [2.24, 2.45) is 22.2 Å². The maximum absolute atomic E-state index is 13.9. The number of cyclic esters (lactones) is 1. The fourth-order valence-electron chi connectivity index (χ4n) is 12.6. The summed E-state index contributed by atoms with van der Waals surface area (Å²) in [6.07, 6.45) is -4.44. The van der Waals surface area contributed by atoms with E-state index in [1.807, 2.05) is 0 Å². The molecule has 4 saturated carbocycles. The Balaban J connectivity index is 1.54. The van der Waals surface area contributed by atoms with Crippen LogP contribution in [0.25, 0.3) is 0 Å². The second-order valence-electron chi connectivity index (χ2n) is 16.5. The van der Waals surface area contributed by atoms with E-state index < -0.39 is 117 Å². The van der Waals surface area contributed by atoms with E-state index in [9.17, 15) is 33.9 Å². The lowest BCUT2D eigenvalue weighted by atomic mass is 9.34. The topological polar surface area (TPSA) is 219 Å². The molecule has 1 aromatic heterocycles. The van der Waals surface area contributed by atoms with Crippen molar-refractivity contribution in [3.8, 4) is 0 Å². The van der Waals surface area contributed by atoms with E-state index in [0.717, 1.165) is 27.0 Å². The van der Waals surface area contributed by atoms with Gasteiger partial charge in [0.2, 0.25) is 6.10 Å². The van der Waals surface area contributed by atoms with Crippen molar-refractivity contribution >= 4 is 35.8 Å². The summed E-state index contributed by atoms with van der Waals surface area (Å²) >= 11 is 0. The largest absolute Gasteiger partial charge is 0.472 e. The van der Waals surface area contributed by atoms with Crippen LogP contribution in [0.2, 0.25) is 0 Å². The molecule has 0 aromatic carbocycles. The van der Waals surface area contributed by atoms with E-state index in [0.29, 0.717) is 5.56 Å². The van der Waals surface area contributed by atoms with Crippen LogP contribution in [0.4, 0.5) is 0 Å². The van der Waals surface area contributed by atoms with Gasteiger partial charge in [0.1, 0.15) is 29.5 Å². The van der Waals surface area contributed by atoms with Gasteiger partial charge in [0.15, 0.2) is 17.3 Å². The minimum Gasteiger partial charge on any atom is -0.472 e. The summed E-state index contributed by atoms with van der Waals surface area (Å²) in [4.78, 5) is 80.7. The van der Waals surface area contributed by atoms with E-state index >= 15 is 0 Å². The van der Waals surface area contributed by atoms with E-state index in [4.69, 9.17) is 47.0 Å². The third-order valence-corrected chi connectivity index (χ3v) is 13.9. The van der Waals surface area contributed by atoms with Crippen LogP contribution >= 0.6 is 0 Å². The first-order valence-electron chi connectivity index (χ1n) is 18.2. The molecule has 298 valence electrons. The normalized spacial score (nSPS) is 47.1. The molecule has 4 aliphatic carbocycles. The van der Waals surface area contributed by atoms with Crippen LogP contribution in [-0.2, 0) is 71.4 Å². The van der Waals surface area contributed by atoms with Crippen molar-refractivity contribution in [3.05, 3.63) is 35.8 Å². The van der Waals surface area contributed by atoms with Gasteiger partial charge in [-0.15, -0.1) is 0 Å². The number of ether oxygens (including phenoxy) is 9. The number of rotatable bonds is 8. The van der Waals surface area contributed by atoms with Gasteiger partial charge in [-0.2, -0.15) is 0 Å². The van der Waals surface area contributed by atoms with Gasteiger partial charge in [-0.3, -0.25) is 19.2 Å². The first kappa shape index (κ1) is 37.6. The molecule has 17 heteroatoms. The summed E-state index contributed by atoms with van der Waals surface area (Å²) in [5, 5.41) is 13.9. The Morgan fingerprint density at radius 1 is 0.927 bits per heavy atom. The summed E-state index contributed by atoms with van der Waals surface area (Å²) in [7, 11) is 1.11. The molecule has 6 fully saturated rings. The zero-order valence-corrected chi connectivity index (χ0v) is 31.9. The number of carbonyl (C=O) groups is 6. The van der Waals surface area contributed by atoms with Crippen LogP contribution in [-0.4, -0.2) is 101 Å². The van der Waals surface area contributed by atoms with E-state index in [1.54, 1.807) is 33.8 Å². The van der Waals surface area contributed by atoms with Crippen LogP contribution in [0.3, 0.4) is 0 Å². The zero-order valence-electron chi connectivity index (χ0n) is 31.9. The number of hydrogen-bond acceptors (Lipinski definition) is 17. The molecule has 14 atom stereocenters. The summed E-state index contributed by atoms with van der Waals surface area (Å²) in [5.41, 5.74) is -13.2. The molecule has 4 heterocycles. The molecule has 7 aliphatic rings.